The molecule has 0 heterocycles. The summed E-state index contributed by atoms with van der Waals surface area (Å²) in [6, 6.07) is 13.7. The van der Waals surface area contributed by atoms with Gasteiger partial charge in [-0.15, -0.1) is 0 Å². The third-order valence-electron chi connectivity index (χ3n) is 3.03. The maximum atomic E-state index is 11.9. The lowest BCUT2D eigenvalue weighted by atomic mass is 9.97. The second-order valence-corrected chi connectivity index (χ2v) is 5.97. The molecule has 20 heavy (non-hydrogen) atoms. The van der Waals surface area contributed by atoms with Gasteiger partial charge in [0, 0.05) is 6.04 Å². The highest BCUT2D eigenvalue weighted by molar-refractivity contribution is 5.86. The van der Waals surface area contributed by atoms with Crippen LogP contribution in [0.5, 0.6) is 0 Å². The molecule has 0 amide bonds. The zero-order valence-corrected chi connectivity index (χ0v) is 12.2. The fourth-order valence-corrected chi connectivity index (χ4v) is 2.25. The number of hydrogen-bond acceptors (Lipinski definition) is 3. The topological polar surface area (TPSA) is 52.3 Å². The van der Waals surface area contributed by atoms with Gasteiger partial charge < -0.3 is 10.5 Å². The van der Waals surface area contributed by atoms with E-state index in [1.54, 1.807) is 0 Å². The lowest BCUT2D eigenvalue weighted by Crippen LogP contribution is -2.26. The van der Waals surface area contributed by atoms with Crippen LogP contribution in [0.25, 0.3) is 10.8 Å². The van der Waals surface area contributed by atoms with Crippen LogP contribution in [0.2, 0.25) is 0 Å². The smallest absolute Gasteiger partial charge is 0.308 e. The number of hydrogen-bond donors (Lipinski definition) is 1. The van der Waals surface area contributed by atoms with Crippen LogP contribution in [0, 0.1) is 0 Å². The molecule has 2 aromatic carbocycles. The zero-order valence-electron chi connectivity index (χ0n) is 12.2. The number of ether oxygens (including phenoxy) is 1. The monoisotopic (exact) mass is 271 g/mol. The molecule has 106 valence electrons. The summed E-state index contributed by atoms with van der Waals surface area (Å²) in [4.78, 5) is 11.9. The molecule has 0 saturated heterocycles. The molecule has 3 heteroatoms. The van der Waals surface area contributed by atoms with E-state index in [9.17, 15) is 4.79 Å². The van der Waals surface area contributed by atoms with Crippen molar-refractivity contribution in [3.05, 3.63) is 48.0 Å². The summed E-state index contributed by atoms with van der Waals surface area (Å²) in [7, 11) is 0. The summed E-state index contributed by atoms with van der Waals surface area (Å²) >= 11 is 0. The molecule has 0 aromatic heterocycles. The second-order valence-electron chi connectivity index (χ2n) is 5.97. The fraction of sp³-hybridized carbons (Fsp3) is 0.353. The van der Waals surface area contributed by atoms with E-state index in [0.29, 0.717) is 0 Å². The molecule has 0 radical (unpaired) electrons. The van der Waals surface area contributed by atoms with Crippen molar-refractivity contribution in [2.24, 2.45) is 5.73 Å². The Bertz CT molecular complexity index is 608. The van der Waals surface area contributed by atoms with E-state index >= 15 is 0 Å². The van der Waals surface area contributed by atoms with Crippen LogP contribution in [-0.4, -0.2) is 11.6 Å². The Morgan fingerprint density at radius 2 is 1.80 bits per heavy atom. The summed E-state index contributed by atoms with van der Waals surface area (Å²) < 4.78 is 5.32. The summed E-state index contributed by atoms with van der Waals surface area (Å²) in [6.45, 7) is 5.57. The van der Waals surface area contributed by atoms with Crippen LogP contribution < -0.4 is 5.73 Å². The van der Waals surface area contributed by atoms with Crippen molar-refractivity contribution in [1.29, 1.82) is 0 Å². The minimum Gasteiger partial charge on any atom is -0.460 e. The summed E-state index contributed by atoms with van der Waals surface area (Å²) in [5, 5.41) is 2.22. The Labute approximate surface area is 119 Å². The molecule has 2 rings (SSSR count). The molecule has 0 fully saturated rings. The minimum atomic E-state index is -0.477. The molecule has 3 nitrogen and oxygen atoms in total. The van der Waals surface area contributed by atoms with Crippen molar-refractivity contribution in [2.75, 3.05) is 0 Å². The van der Waals surface area contributed by atoms with Crippen molar-refractivity contribution >= 4 is 16.7 Å². The Morgan fingerprint density at radius 3 is 2.50 bits per heavy atom. The minimum absolute atomic E-state index is 0.186. The predicted molar refractivity (Wildman–Crippen MR) is 81.3 cm³/mol. The predicted octanol–water partition coefficient (Wildman–Crippen LogP) is 3.57. The summed E-state index contributed by atoms with van der Waals surface area (Å²) in [5.74, 6) is -0.266. The molecule has 1 atom stereocenters. The van der Waals surface area contributed by atoms with Crippen LogP contribution in [0.4, 0.5) is 0 Å². The summed E-state index contributed by atoms with van der Waals surface area (Å²) in [5.41, 5.74) is 6.68. The number of nitrogens with two attached hydrogens (primary N) is 1. The molecular weight excluding hydrogens is 250 g/mol. The van der Waals surface area contributed by atoms with Gasteiger partial charge >= 0.3 is 5.97 Å². The maximum absolute atomic E-state index is 11.9. The number of rotatable bonds is 3. The highest BCUT2D eigenvalue weighted by atomic mass is 16.6. The number of carbonyl (C=O) groups is 1. The Hall–Kier alpha value is -1.87. The fourth-order valence-electron chi connectivity index (χ4n) is 2.25. The van der Waals surface area contributed by atoms with Gasteiger partial charge in [0.15, 0.2) is 0 Å². The van der Waals surface area contributed by atoms with Crippen LogP contribution >= 0.6 is 0 Å². The van der Waals surface area contributed by atoms with Crippen LogP contribution in [0.3, 0.4) is 0 Å². The average Bonchev–Trinajstić information content (AvgIpc) is 2.35. The second kappa shape index (κ2) is 5.63. The van der Waals surface area contributed by atoms with E-state index < -0.39 is 5.60 Å². The van der Waals surface area contributed by atoms with Gasteiger partial charge in [-0.25, -0.2) is 0 Å². The number of benzene rings is 2. The molecule has 0 aliphatic rings. The quantitative estimate of drug-likeness (QED) is 0.868. The van der Waals surface area contributed by atoms with E-state index in [2.05, 4.69) is 0 Å². The first-order chi connectivity index (χ1) is 9.37. The Kier molecular flexibility index (Phi) is 4.09. The molecular formula is C17H21NO2. The van der Waals surface area contributed by atoms with E-state index in [1.165, 1.54) is 0 Å². The van der Waals surface area contributed by atoms with Crippen molar-refractivity contribution in [3.63, 3.8) is 0 Å². The van der Waals surface area contributed by atoms with Gasteiger partial charge in [-0.05, 0) is 37.1 Å². The molecule has 2 N–H and O–H groups in total. The van der Waals surface area contributed by atoms with E-state index in [4.69, 9.17) is 10.5 Å². The van der Waals surface area contributed by atoms with Gasteiger partial charge in [0.2, 0.25) is 0 Å². The highest BCUT2D eigenvalue weighted by Gasteiger charge is 2.20. The molecule has 0 aliphatic carbocycles. The molecule has 0 unspecified atom stereocenters. The van der Waals surface area contributed by atoms with Gasteiger partial charge in [0.25, 0.3) is 0 Å². The number of carbonyl (C=O) groups excluding carboxylic acids is 1. The first kappa shape index (κ1) is 14.5. The van der Waals surface area contributed by atoms with Crippen molar-refractivity contribution in [2.45, 2.75) is 38.8 Å². The van der Waals surface area contributed by atoms with Crippen LogP contribution in [-0.2, 0) is 9.53 Å². The standard InChI is InChI=1S/C17H21NO2/c1-17(2,3)20-16(19)11-15(18)14-10-6-8-12-7-4-5-9-13(12)14/h4-10,15H,11,18H2,1-3H3/t15-/m0/s1. The third-order valence-corrected chi connectivity index (χ3v) is 3.03. The third kappa shape index (κ3) is 3.58. The van der Waals surface area contributed by atoms with Gasteiger partial charge in [0.05, 0.1) is 6.42 Å². The van der Waals surface area contributed by atoms with Gasteiger partial charge in [-0.2, -0.15) is 0 Å². The summed E-state index contributed by atoms with van der Waals surface area (Å²) in [6.07, 6.45) is 0.186. The van der Waals surface area contributed by atoms with Crippen LogP contribution in [0.1, 0.15) is 38.8 Å². The highest BCUT2D eigenvalue weighted by Crippen LogP contribution is 2.25. The zero-order chi connectivity index (χ0) is 14.8. The molecule has 0 spiro atoms. The van der Waals surface area contributed by atoms with Crippen molar-refractivity contribution < 1.29 is 9.53 Å². The first-order valence-electron chi connectivity index (χ1n) is 6.82. The molecule has 2 aromatic rings. The van der Waals surface area contributed by atoms with Gasteiger partial charge in [0.1, 0.15) is 5.60 Å². The Morgan fingerprint density at radius 1 is 1.15 bits per heavy atom. The average molecular weight is 271 g/mol. The normalized spacial score (nSPS) is 13.2. The maximum Gasteiger partial charge on any atom is 0.308 e. The molecule has 0 aliphatic heterocycles. The number of esters is 1. The van der Waals surface area contributed by atoms with Crippen molar-refractivity contribution in [1.82, 2.24) is 0 Å². The first-order valence-corrected chi connectivity index (χ1v) is 6.82. The Balaban J connectivity index is 2.20. The van der Waals surface area contributed by atoms with E-state index in [-0.39, 0.29) is 18.4 Å². The van der Waals surface area contributed by atoms with Crippen molar-refractivity contribution in [3.8, 4) is 0 Å². The lowest BCUT2D eigenvalue weighted by molar-refractivity contribution is -0.155. The van der Waals surface area contributed by atoms with Gasteiger partial charge in [-0.1, -0.05) is 42.5 Å². The lowest BCUT2D eigenvalue weighted by Gasteiger charge is -2.21. The van der Waals surface area contributed by atoms with E-state index in [1.807, 2.05) is 63.2 Å². The van der Waals surface area contributed by atoms with Gasteiger partial charge in [-0.3, -0.25) is 4.79 Å². The molecule has 0 saturated carbocycles. The largest absolute Gasteiger partial charge is 0.460 e. The molecule has 0 bridgehead atoms. The van der Waals surface area contributed by atoms with Crippen LogP contribution in [0.15, 0.2) is 42.5 Å². The number of fused-ring (bicyclic) bond motifs is 1. The SMILES string of the molecule is CC(C)(C)OC(=O)C[C@H](N)c1cccc2ccccc12. The van der Waals surface area contributed by atoms with E-state index in [0.717, 1.165) is 16.3 Å².